The molecule has 0 aliphatic heterocycles. The van der Waals surface area contributed by atoms with E-state index in [2.05, 4.69) is 37.3 Å². The van der Waals surface area contributed by atoms with Gasteiger partial charge in [0.15, 0.2) is 0 Å². The second-order valence-electron chi connectivity index (χ2n) is 4.62. The molecule has 21 heavy (non-hydrogen) atoms. The molecule has 0 aromatic carbocycles. The van der Waals surface area contributed by atoms with Crippen molar-refractivity contribution in [1.29, 1.82) is 0 Å². The lowest BCUT2D eigenvalue weighted by Crippen LogP contribution is -2.18. The van der Waals surface area contributed by atoms with Gasteiger partial charge in [0.1, 0.15) is 12.7 Å². The zero-order valence-corrected chi connectivity index (χ0v) is 12.5. The van der Waals surface area contributed by atoms with Gasteiger partial charge in [-0.05, 0) is 30.4 Å². The minimum Gasteiger partial charge on any atom is -0.396 e. The highest BCUT2D eigenvalue weighted by molar-refractivity contribution is 6.28. The van der Waals surface area contributed by atoms with Gasteiger partial charge in [-0.15, -0.1) is 0 Å². The molecule has 0 aliphatic carbocycles. The molecule has 0 saturated carbocycles. The average Bonchev–Trinajstić information content (AvgIpc) is 2.99. The van der Waals surface area contributed by atoms with E-state index in [1.54, 1.807) is 0 Å². The highest BCUT2D eigenvalue weighted by Gasteiger charge is 2.11. The van der Waals surface area contributed by atoms with E-state index in [1.807, 2.05) is 0 Å². The first-order chi connectivity index (χ1) is 10.2. The van der Waals surface area contributed by atoms with Crippen molar-refractivity contribution >= 4 is 17.5 Å². The van der Waals surface area contributed by atoms with Crippen LogP contribution in [0, 0.1) is 5.92 Å². The van der Waals surface area contributed by atoms with Gasteiger partial charge in [-0.2, -0.15) is 24.7 Å². The lowest BCUT2D eigenvalue weighted by atomic mass is 10.0. The number of aliphatic hydroxyl groups excluding tert-OH is 1. The molecular weight excluding hydrogens is 294 g/mol. The van der Waals surface area contributed by atoms with Gasteiger partial charge in [-0.25, -0.2) is 4.98 Å². The van der Waals surface area contributed by atoms with E-state index in [0.717, 1.165) is 19.3 Å². The van der Waals surface area contributed by atoms with E-state index in [1.165, 1.54) is 17.3 Å². The van der Waals surface area contributed by atoms with Crippen LogP contribution in [0.5, 0.6) is 0 Å². The molecule has 8 nitrogen and oxygen atoms in total. The summed E-state index contributed by atoms with van der Waals surface area (Å²) in [4.78, 5) is 16.1. The Balaban J connectivity index is 2.06. The zero-order valence-electron chi connectivity index (χ0n) is 11.8. The fourth-order valence-electron chi connectivity index (χ4n) is 2.01. The van der Waals surface area contributed by atoms with Gasteiger partial charge >= 0.3 is 0 Å². The maximum Gasteiger partial charge on any atom is 0.258 e. The van der Waals surface area contributed by atoms with Crippen LogP contribution in [-0.4, -0.2) is 48.0 Å². The molecule has 2 N–H and O–H groups in total. The third kappa shape index (κ3) is 4.61. The number of hydrogen-bond acceptors (Lipinski definition) is 7. The van der Waals surface area contributed by atoms with Crippen molar-refractivity contribution in [2.45, 2.75) is 26.2 Å². The minimum atomic E-state index is 0.0900. The quantitative estimate of drug-likeness (QED) is 0.758. The smallest absolute Gasteiger partial charge is 0.258 e. The topological polar surface area (TPSA) is 102 Å². The molecule has 9 heteroatoms. The molecule has 1 unspecified atom stereocenters. The Kier molecular flexibility index (Phi) is 5.82. The molecule has 0 saturated heterocycles. The first-order valence-electron chi connectivity index (χ1n) is 6.84. The van der Waals surface area contributed by atoms with Crippen LogP contribution in [0.2, 0.25) is 5.28 Å². The summed E-state index contributed by atoms with van der Waals surface area (Å²) in [7, 11) is 0. The third-order valence-corrected chi connectivity index (χ3v) is 3.17. The van der Waals surface area contributed by atoms with Crippen molar-refractivity contribution in [2.24, 2.45) is 5.92 Å². The van der Waals surface area contributed by atoms with E-state index < -0.39 is 0 Å². The summed E-state index contributed by atoms with van der Waals surface area (Å²) >= 11 is 5.90. The number of rotatable bonds is 8. The molecule has 2 aromatic rings. The maximum atomic E-state index is 9.07. The fourth-order valence-corrected chi connectivity index (χ4v) is 2.16. The number of nitrogens with zero attached hydrogens (tertiary/aromatic N) is 6. The Bertz CT molecular complexity index is 543. The zero-order chi connectivity index (χ0) is 15.1. The van der Waals surface area contributed by atoms with E-state index >= 15 is 0 Å². The predicted octanol–water partition coefficient (Wildman–Crippen LogP) is 1.32. The molecule has 0 amide bonds. The highest BCUT2D eigenvalue weighted by Crippen LogP contribution is 2.13. The molecule has 0 bridgehead atoms. The fraction of sp³-hybridized carbons (Fsp3) is 0.583. The molecule has 0 fully saturated rings. The second-order valence-corrected chi connectivity index (χ2v) is 4.95. The summed E-state index contributed by atoms with van der Waals surface area (Å²) in [6, 6.07) is 0. The number of anilines is 1. The summed E-state index contributed by atoms with van der Waals surface area (Å²) in [5, 5.41) is 16.2. The summed E-state index contributed by atoms with van der Waals surface area (Å²) in [5.41, 5.74) is 0. The van der Waals surface area contributed by atoms with E-state index in [4.69, 9.17) is 16.7 Å². The average molecular weight is 312 g/mol. The molecule has 114 valence electrons. The molecule has 1 atom stereocenters. The van der Waals surface area contributed by atoms with Gasteiger partial charge in [0.2, 0.25) is 11.2 Å². The Hall–Kier alpha value is -1.80. The van der Waals surface area contributed by atoms with E-state index in [9.17, 15) is 0 Å². The third-order valence-electron chi connectivity index (χ3n) is 3.00. The van der Waals surface area contributed by atoms with Gasteiger partial charge < -0.3 is 10.4 Å². The monoisotopic (exact) mass is 311 g/mol. The standard InChI is InChI=1S/C12H18ClN7O/c1-2-3-9(4-5-21)6-15-11-17-10(13)18-12(19-11)20-8-14-7-16-20/h7-9,21H,2-6H2,1H3,(H,15,17,18,19). The number of halogens is 1. The normalized spacial score (nSPS) is 12.3. The molecule has 2 heterocycles. The molecule has 0 aliphatic rings. The Morgan fingerprint density at radius 1 is 1.33 bits per heavy atom. The van der Waals surface area contributed by atoms with Gasteiger partial charge in [0.05, 0.1) is 0 Å². The second kappa shape index (κ2) is 7.84. The summed E-state index contributed by atoms with van der Waals surface area (Å²) in [5.74, 6) is 1.06. The van der Waals surface area contributed by atoms with Crippen molar-refractivity contribution in [3.8, 4) is 5.95 Å². The molecule has 2 aromatic heterocycles. The Morgan fingerprint density at radius 3 is 2.86 bits per heavy atom. The van der Waals surface area contributed by atoms with Crippen molar-refractivity contribution in [3.05, 3.63) is 17.9 Å². The summed E-state index contributed by atoms with van der Waals surface area (Å²) in [6.45, 7) is 2.97. The molecule has 2 rings (SSSR count). The molecule has 0 radical (unpaired) electrons. The first kappa shape index (κ1) is 15.6. The highest BCUT2D eigenvalue weighted by atomic mass is 35.5. The van der Waals surface area contributed by atoms with Gasteiger partial charge in [0.25, 0.3) is 5.95 Å². The Labute approximate surface area is 127 Å². The van der Waals surface area contributed by atoms with Gasteiger partial charge in [0, 0.05) is 13.2 Å². The number of hydrogen-bond donors (Lipinski definition) is 2. The van der Waals surface area contributed by atoms with Crippen LogP contribution in [0.25, 0.3) is 5.95 Å². The summed E-state index contributed by atoms with van der Waals surface area (Å²) < 4.78 is 1.41. The number of aliphatic hydroxyl groups is 1. The van der Waals surface area contributed by atoms with Crippen LogP contribution in [0.1, 0.15) is 26.2 Å². The minimum absolute atomic E-state index is 0.0900. The SMILES string of the molecule is CCCC(CCO)CNc1nc(Cl)nc(-n2cncn2)n1. The van der Waals surface area contributed by atoms with Crippen molar-refractivity contribution < 1.29 is 5.11 Å². The Morgan fingerprint density at radius 2 is 2.19 bits per heavy atom. The van der Waals surface area contributed by atoms with Crippen molar-refractivity contribution in [3.63, 3.8) is 0 Å². The van der Waals surface area contributed by atoms with Crippen LogP contribution < -0.4 is 5.32 Å². The first-order valence-corrected chi connectivity index (χ1v) is 7.22. The van der Waals surface area contributed by atoms with Crippen LogP contribution >= 0.6 is 11.6 Å². The van der Waals surface area contributed by atoms with Crippen molar-refractivity contribution in [2.75, 3.05) is 18.5 Å². The van der Waals surface area contributed by atoms with E-state index in [-0.39, 0.29) is 11.9 Å². The summed E-state index contributed by atoms with van der Waals surface area (Å²) in [6.07, 6.45) is 5.72. The lowest BCUT2D eigenvalue weighted by molar-refractivity contribution is 0.255. The molecular formula is C12H18ClN7O. The maximum absolute atomic E-state index is 9.07. The van der Waals surface area contributed by atoms with Crippen LogP contribution in [0.15, 0.2) is 12.7 Å². The number of nitrogens with one attached hydrogen (secondary N) is 1. The van der Waals surface area contributed by atoms with Gasteiger partial charge in [-0.3, -0.25) is 0 Å². The van der Waals surface area contributed by atoms with Crippen molar-refractivity contribution in [1.82, 2.24) is 29.7 Å². The number of aromatic nitrogens is 6. The lowest BCUT2D eigenvalue weighted by Gasteiger charge is -2.15. The van der Waals surface area contributed by atoms with Crippen LogP contribution in [0.4, 0.5) is 5.95 Å². The molecule has 0 spiro atoms. The predicted molar refractivity (Wildman–Crippen MR) is 78.3 cm³/mol. The largest absolute Gasteiger partial charge is 0.396 e. The van der Waals surface area contributed by atoms with Gasteiger partial charge in [-0.1, -0.05) is 13.3 Å². The van der Waals surface area contributed by atoms with Crippen LogP contribution in [-0.2, 0) is 0 Å². The van der Waals surface area contributed by atoms with Crippen LogP contribution in [0.3, 0.4) is 0 Å². The van der Waals surface area contributed by atoms with E-state index in [0.29, 0.717) is 24.4 Å².